The third-order valence-electron chi connectivity index (χ3n) is 5.35. The first-order valence-electron chi connectivity index (χ1n) is 10.5. The number of amides is 1. The fourth-order valence-corrected chi connectivity index (χ4v) is 6.29. The monoisotopic (exact) mass is 542 g/mol. The van der Waals surface area contributed by atoms with Crippen LogP contribution < -0.4 is 9.62 Å². The van der Waals surface area contributed by atoms with Crippen LogP contribution in [0.4, 0.5) is 5.69 Å². The van der Waals surface area contributed by atoms with E-state index in [1.54, 1.807) is 37.3 Å². The van der Waals surface area contributed by atoms with E-state index in [-0.39, 0.29) is 23.4 Å². The lowest BCUT2D eigenvalue weighted by Crippen LogP contribution is -2.30. The molecule has 0 saturated carbocycles. The van der Waals surface area contributed by atoms with Crippen molar-refractivity contribution in [3.8, 4) is 0 Å². The standard InChI is InChI=1S/C25H23BrN2O3S2/c1-3-28(33(30,31)22-12-9-20(26)10-13-22)21-11-14-23-19(15-21)16-24(32-23)25(29)27-17(2)18-7-5-4-6-8-18/h4-17H,3H2,1-2H3,(H,27,29)/t17-/m1/s1. The largest absolute Gasteiger partial charge is 0.345 e. The van der Waals surface area contributed by atoms with Crippen LogP contribution in [0, 0.1) is 0 Å². The Morgan fingerprint density at radius 2 is 1.73 bits per heavy atom. The van der Waals surface area contributed by atoms with Crippen LogP contribution >= 0.6 is 27.3 Å². The molecule has 1 N–H and O–H groups in total. The molecule has 4 aromatic rings. The molecule has 0 aliphatic carbocycles. The first-order chi connectivity index (χ1) is 15.8. The van der Waals surface area contributed by atoms with Gasteiger partial charge in [-0.05, 0) is 73.3 Å². The molecule has 0 spiro atoms. The third-order valence-corrected chi connectivity index (χ3v) is 8.91. The highest BCUT2D eigenvalue weighted by Crippen LogP contribution is 2.32. The van der Waals surface area contributed by atoms with E-state index in [9.17, 15) is 13.2 Å². The summed E-state index contributed by atoms with van der Waals surface area (Å²) >= 11 is 4.73. The molecule has 1 amide bonds. The van der Waals surface area contributed by atoms with Gasteiger partial charge < -0.3 is 5.32 Å². The molecule has 8 heteroatoms. The molecule has 0 aliphatic rings. The van der Waals surface area contributed by atoms with Gasteiger partial charge in [0.1, 0.15) is 0 Å². The summed E-state index contributed by atoms with van der Waals surface area (Å²) in [6.07, 6.45) is 0. The maximum absolute atomic E-state index is 13.2. The average molecular weight is 544 g/mol. The highest BCUT2D eigenvalue weighted by atomic mass is 79.9. The van der Waals surface area contributed by atoms with Gasteiger partial charge in [-0.3, -0.25) is 9.10 Å². The van der Waals surface area contributed by atoms with Crippen molar-refractivity contribution in [2.24, 2.45) is 0 Å². The number of benzene rings is 3. The average Bonchev–Trinajstić information content (AvgIpc) is 3.24. The van der Waals surface area contributed by atoms with Crippen molar-refractivity contribution in [1.82, 2.24) is 5.32 Å². The van der Waals surface area contributed by atoms with Gasteiger partial charge >= 0.3 is 0 Å². The molecule has 170 valence electrons. The van der Waals surface area contributed by atoms with E-state index >= 15 is 0 Å². The summed E-state index contributed by atoms with van der Waals surface area (Å²) in [5.41, 5.74) is 1.60. The summed E-state index contributed by atoms with van der Waals surface area (Å²) in [7, 11) is -3.71. The van der Waals surface area contributed by atoms with Gasteiger partial charge in [-0.1, -0.05) is 46.3 Å². The fourth-order valence-electron chi connectivity index (χ4n) is 3.62. The number of hydrogen-bond acceptors (Lipinski definition) is 4. The number of carbonyl (C=O) groups is 1. The predicted molar refractivity (Wildman–Crippen MR) is 138 cm³/mol. The first kappa shape index (κ1) is 23.5. The number of sulfonamides is 1. The zero-order chi connectivity index (χ0) is 23.6. The molecule has 0 unspecified atom stereocenters. The molecule has 3 aromatic carbocycles. The Morgan fingerprint density at radius 1 is 1.03 bits per heavy atom. The van der Waals surface area contributed by atoms with Gasteiger partial charge in [0.05, 0.1) is 21.5 Å². The first-order valence-corrected chi connectivity index (χ1v) is 13.5. The van der Waals surface area contributed by atoms with E-state index in [1.807, 2.05) is 55.5 Å². The number of nitrogens with zero attached hydrogens (tertiary/aromatic N) is 1. The Balaban J connectivity index is 1.60. The van der Waals surface area contributed by atoms with Crippen molar-refractivity contribution in [2.45, 2.75) is 24.8 Å². The molecule has 0 saturated heterocycles. The summed E-state index contributed by atoms with van der Waals surface area (Å²) in [5, 5.41) is 3.87. The molecule has 4 rings (SSSR count). The number of hydrogen-bond donors (Lipinski definition) is 1. The molecule has 5 nitrogen and oxygen atoms in total. The Bertz CT molecular complexity index is 1380. The number of carbonyl (C=O) groups excluding carboxylic acids is 1. The van der Waals surface area contributed by atoms with E-state index in [2.05, 4.69) is 21.2 Å². The SMILES string of the molecule is CCN(c1ccc2sc(C(=O)N[C@H](C)c3ccccc3)cc2c1)S(=O)(=O)c1ccc(Br)cc1. The van der Waals surface area contributed by atoms with Gasteiger partial charge in [0, 0.05) is 15.7 Å². The van der Waals surface area contributed by atoms with E-state index in [0.29, 0.717) is 10.6 Å². The number of fused-ring (bicyclic) bond motifs is 1. The second kappa shape index (κ2) is 9.67. The van der Waals surface area contributed by atoms with Crippen molar-refractivity contribution < 1.29 is 13.2 Å². The smallest absolute Gasteiger partial charge is 0.264 e. The Morgan fingerprint density at radius 3 is 2.39 bits per heavy atom. The summed E-state index contributed by atoms with van der Waals surface area (Å²) in [4.78, 5) is 13.7. The zero-order valence-electron chi connectivity index (χ0n) is 18.2. The highest BCUT2D eigenvalue weighted by molar-refractivity contribution is 9.10. The lowest BCUT2D eigenvalue weighted by atomic mass is 10.1. The quantitative estimate of drug-likeness (QED) is 0.295. The van der Waals surface area contributed by atoms with Gasteiger partial charge in [0.2, 0.25) is 0 Å². The number of rotatable bonds is 7. The van der Waals surface area contributed by atoms with Crippen molar-refractivity contribution >= 4 is 59.0 Å². The van der Waals surface area contributed by atoms with Gasteiger partial charge in [-0.15, -0.1) is 11.3 Å². The molecule has 1 aromatic heterocycles. The minimum Gasteiger partial charge on any atom is -0.345 e. The summed E-state index contributed by atoms with van der Waals surface area (Å²) in [6, 6.07) is 23.6. The molecule has 0 bridgehead atoms. The summed E-state index contributed by atoms with van der Waals surface area (Å²) < 4.78 is 29.6. The Kier molecular flexibility index (Phi) is 6.88. The van der Waals surface area contributed by atoms with Gasteiger partial charge in [0.25, 0.3) is 15.9 Å². The zero-order valence-corrected chi connectivity index (χ0v) is 21.4. The predicted octanol–water partition coefficient (Wildman–Crippen LogP) is 6.37. The minimum absolute atomic E-state index is 0.119. The second-order valence-electron chi connectivity index (χ2n) is 7.56. The summed E-state index contributed by atoms with van der Waals surface area (Å²) in [5.74, 6) is -0.149. The molecular formula is C25H23BrN2O3S2. The van der Waals surface area contributed by atoms with Gasteiger partial charge in [0.15, 0.2) is 0 Å². The van der Waals surface area contributed by atoms with Crippen molar-refractivity contribution in [2.75, 3.05) is 10.8 Å². The van der Waals surface area contributed by atoms with Crippen LogP contribution in [-0.2, 0) is 10.0 Å². The number of halogens is 1. The van der Waals surface area contributed by atoms with E-state index < -0.39 is 10.0 Å². The number of nitrogens with one attached hydrogen (secondary N) is 1. The maximum Gasteiger partial charge on any atom is 0.264 e. The number of anilines is 1. The number of thiophene rings is 1. The minimum atomic E-state index is -3.71. The molecule has 1 atom stereocenters. The normalized spacial score (nSPS) is 12.5. The van der Waals surface area contributed by atoms with Gasteiger partial charge in [-0.25, -0.2) is 8.42 Å². The van der Waals surface area contributed by atoms with Crippen LogP contribution in [0.3, 0.4) is 0 Å². The lowest BCUT2D eigenvalue weighted by Gasteiger charge is -2.23. The second-order valence-corrected chi connectivity index (χ2v) is 11.4. The Hall–Kier alpha value is -2.68. The highest BCUT2D eigenvalue weighted by Gasteiger charge is 2.24. The van der Waals surface area contributed by atoms with Crippen molar-refractivity contribution in [1.29, 1.82) is 0 Å². The molecule has 0 aliphatic heterocycles. The van der Waals surface area contributed by atoms with E-state index in [4.69, 9.17) is 0 Å². The third kappa shape index (κ3) is 4.98. The van der Waals surface area contributed by atoms with Crippen LogP contribution in [-0.4, -0.2) is 20.9 Å². The maximum atomic E-state index is 13.2. The Labute approximate surface area is 206 Å². The fraction of sp³-hybridized carbons (Fsp3) is 0.160. The molecule has 1 heterocycles. The van der Waals surface area contributed by atoms with Crippen molar-refractivity contribution in [3.05, 3.63) is 93.8 Å². The van der Waals surface area contributed by atoms with Gasteiger partial charge in [-0.2, -0.15) is 0 Å². The molecule has 0 fully saturated rings. The molecule has 0 radical (unpaired) electrons. The van der Waals surface area contributed by atoms with E-state index in [0.717, 1.165) is 20.1 Å². The van der Waals surface area contributed by atoms with E-state index in [1.165, 1.54) is 15.6 Å². The van der Waals surface area contributed by atoms with Crippen LogP contribution in [0.5, 0.6) is 0 Å². The van der Waals surface area contributed by atoms with Crippen LogP contribution in [0.25, 0.3) is 10.1 Å². The molecule has 33 heavy (non-hydrogen) atoms. The summed E-state index contributed by atoms with van der Waals surface area (Å²) in [6.45, 7) is 4.04. The van der Waals surface area contributed by atoms with Crippen LogP contribution in [0.1, 0.15) is 35.1 Å². The lowest BCUT2D eigenvalue weighted by molar-refractivity contribution is 0.0944. The van der Waals surface area contributed by atoms with Crippen molar-refractivity contribution in [3.63, 3.8) is 0 Å². The topological polar surface area (TPSA) is 66.5 Å². The van der Waals surface area contributed by atoms with Crippen LogP contribution in [0.15, 0.2) is 88.2 Å². The van der Waals surface area contributed by atoms with Crippen LogP contribution in [0.2, 0.25) is 0 Å². The molecular weight excluding hydrogens is 520 g/mol.